The second kappa shape index (κ2) is 3.89. The van der Waals surface area contributed by atoms with Crippen LogP contribution in [0.15, 0.2) is 24.3 Å². The van der Waals surface area contributed by atoms with E-state index in [4.69, 9.17) is 5.73 Å². The highest BCUT2D eigenvalue weighted by molar-refractivity contribution is 5.30. The summed E-state index contributed by atoms with van der Waals surface area (Å²) >= 11 is 0. The van der Waals surface area contributed by atoms with E-state index in [1.165, 1.54) is 12.1 Å². The molecule has 1 nitrogen and oxygen atoms in total. The lowest BCUT2D eigenvalue weighted by molar-refractivity contribution is 0.151. The normalized spacial score (nSPS) is 26.7. The molecule has 0 spiro atoms. The number of halogens is 2. The van der Waals surface area contributed by atoms with Gasteiger partial charge in [-0.05, 0) is 30.7 Å². The van der Waals surface area contributed by atoms with Crippen molar-refractivity contribution in [1.82, 2.24) is 0 Å². The Labute approximate surface area is 88.3 Å². The lowest BCUT2D eigenvalue weighted by Gasteiger charge is -2.05. The summed E-state index contributed by atoms with van der Waals surface area (Å²) in [6, 6.07) is 6.82. The summed E-state index contributed by atoms with van der Waals surface area (Å²) in [5.41, 5.74) is 7.02. The van der Waals surface area contributed by atoms with Crippen LogP contribution in [-0.4, -0.2) is 6.04 Å². The summed E-state index contributed by atoms with van der Waals surface area (Å²) in [6.45, 7) is 2.00. The Balaban J connectivity index is 2.06. The predicted molar refractivity (Wildman–Crippen MR) is 55.9 cm³/mol. The van der Waals surface area contributed by atoms with Crippen molar-refractivity contribution in [2.45, 2.75) is 31.7 Å². The van der Waals surface area contributed by atoms with Crippen molar-refractivity contribution < 1.29 is 8.78 Å². The molecule has 0 radical (unpaired) electrons. The maximum Gasteiger partial charge on any atom is 0.263 e. The van der Waals surface area contributed by atoms with E-state index < -0.39 is 6.43 Å². The lowest BCUT2D eigenvalue weighted by atomic mass is 10.0. The van der Waals surface area contributed by atoms with E-state index in [-0.39, 0.29) is 11.6 Å². The number of benzene rings is 1. The number of hydrogen-bond acceptors (Lipinski definition) is 1. The van der Waals surface area contributed by atoms with Crippen molar-refractivity contribution in [3.63, 3.8) is 0 Å². The number of hydrogen-bond donors (Lipinski definition) is 1. The van der Waals surface area contributed by atoms with Gasteiger partial charge in [0.15, 0.2) is 0 Å². The van der Waals surface area contributed by atoms with Crippen LogP contribution in [-0.2, 0) is 0 Å². The Hall–Kier alpha value is -0.960. The van der Waals surface area contributed by atoms with Crippen LogP contribution in [0.5, 0.6) is 0 Å². The van der Waals surface area contributed by atoms with E-state index in [0.717, 1.165) is 12.0 Å². The Morgan fingerprint density at radius 2 is 1.87 bits per heavy atom. The topological polar surface area (TPSA) is 26.0 Å². The minimum absolute atomic E-state index is 0.0942. The smallest absolute Gasteiger partial charge is 0.263 e. The Morgan fingerprint density at radius 1 is 1.27 bits per heavy atom. The molecule has 15 heavy (non-hydrogen) atoms. The molecular weight excluding hydrogens is 196 g/mol. The zero-order chi connectivity index (χ0) is 11.0. The fourth-order valence-corrected chi connectivity index (χ4v) is 2.07. The van der Waals surface area contributed by atoms with Crippen LogP contribution < -0.4 is 5.73 Å². The molecule has 1 fully saturated rings. The van der Waals surface area contributed by atoms with Gasteiger partial charge in [-0.2, -0.15) is 0 Å². The van der Waals surface area contributed by atoms with Crippen molar-refractivity contribution in [2.24, 2.45) is 11.7 Å². The average molecular weight is 211 g/mol. The third-order valence-electron chi connectivity index (χ3n) is 3.13. The van der Waals surface area contributed by atoms with Crippen LogP contribution in [0.25, 0.3) is 0 Å². The van der Waals surface area contributed by atoms with Crippen LogP contribution >= 0.6 is 0 Å². The summed E-state index contributed by atoms with van der Waals surface area (Å²) < 4.78 is 24.6. The van der Waals surface area contributed by atoms with Crippen LogP contribution in [0, 0.1) is 5.92 Å². The molecule has 1 aliphatic rings. The van der Waals surface area contributed by atoms with Gasteiger partial charge in [-0.1, -0.05) is 24.3 Å². The van der Waals surface area contributed by atoms with Crippen molar-refractivity contribution in [3.8, 4) is 0 Å². The van der Waals surface area contributed by atoms with Gasteiger partial charge in [0.05, 0.1) is 0 Å². The summed E-state index contributed by atoms with van der Waals surface area (Å²) in [7, 11) is 0. The van der Waals surface area contributed by atoms with Crippen LogP contribution in [0.1, 0.15) is 36.8 Å². The SMILES string of the molecule is CC(N)C1CC1c1ccc(C(F)F)cc1. The Morgan fingerprint density at radius 3 is 2.27 bits per heavy atom. The zero-order valence-corrected chi connectivity index (χ0v) is 8.66. The molecule has 0 aromatic heterocycles. The summed E-state index contributed by atoms with van der Waals surface area (Å²) in [4.78, 5) is 0. The highest BCUT2D eigenvalue weighted by atomic mass is 19.3. The molecule has 0 aliphatic heterocycles. The first-order valence-electron chi connectivity index (χ1n) is 5.23. The number of alkyl halides is 2. The number of rotatable bonds is 3. The third-order valence-corrected chi connectivity index (χ3v) is 3.13. The minimum Gasteiger partial charge on any atom is -0.328 e. The quantitative estimate of drug-likeness (QED) is 0.817. The van der Waals surface area contributed by atoms with E-state index in [0.29, 0.717) is 11.8 Å². The molecule has 3 unspecified atom stereocenters. The molecule has 2 N–H and O–H groups in total. The second-order valence-electron chi connectivity index (χ2n) is 4.33. The zero-order valence-electron chi connectivity index (χ0n) is 8.66. The molecule has 1 aromatic carbocycles. The first kappa shape index (κ1) is 10.6. The second-order valence-corrected chi connectivity index (χ2v) is 4.33. The molecule has 1 saturated carbocycles. The van der Waals surface area contributed by atoms with Crippen molar-refractivity contribution in [3.05, 3.63) is 35.4 Å². The van der Waals surface area contributed by atoms with Crippen LogP contribution in [0.2, 0.25) is 0 Å². The van der Waals surface area contributed by atoms with E-state index in [9.17, 15) is 8.78 Å². The van der Waals surface area contributed by atoms with Gasteiger partial charge < -0.3 is 5.73 Å². The molecule has 0 amide bonds. The molecule has 0 heterocycles. The van der Waals surface area contributed by atoms with Gasteiger partial charge in [0.2, 0.25) is 0 Å². The molecule has 0 bridgehead atoms. The largest absolute Gasteiger partial charge is 0.328 e. The van der Waals surface area contributed by atoms with Gasteiger partial charge >= 0.3 is 0 Å². The first-order valence-corrected chi connectivity index (χ1v) is 5.23. The molecule has 0 saturated heterocycles. The maximum absolute atomic E-state index is 12.3. The number of nitrogens with two attached hydrogens (primary N) is 1. The molecule has 3 atom stereocenters. The average Bonchev–Trinajstić information content (AvgIpc) is 2.97. The molecule has 3 heteroatoms. The Kier molecular flexibility index (Phi) is 2.74. The lowest BCUT2D eigenvalue weighted by Crippen LogP contribution is -2.17. The van der Waals surface area contributed by atoms with Gasteiger partial charge in [-0.15, -0.1) is 0 Å². The minimum atomic E-state index is -2.37. The van der Waals surface area contributed by atoms with Gasteiger partial charge in [0.1, 0.15) is 0 Å². The monoisotopic (exact) mass is 211 g/mol. The van der Waals surface area contributed by atoms with Crippen molar-refractivity contribution in [2.75, 3.05) is 0 Å². The third kappa shape index (κ3) is 2.17. The maximum atomic E-state index is 12.3. The van der Waals surface area contributed by atoms with E-state index in [1.807, 2.05) is 6.92 Å². The van der Waals surface area contributed by atoms with Gasteiger partial charge in [-0.3, -0.25) is 0 Å². The molecule has 82 valence electrons. The van der Waals surface area contributed by atoms with E-state index in [2.05, 4.69) is 0 Å². The molecule has 2 rings (SSSR count). The van der Waals surface area contributed by atoms with Crippen molar-refractivity contribution >= 4 is 0 Å². The Bertz CT molecular complexity index is 332. The molecule has 1 aromatic rings. The first-order chi connectivity index (χ1) is 7.09. The molecular formula is C12H15F2N. The molecule has 1 aliphatic carbocycles. The fourth-order valence-electron chi connectivity index (χ4n) is 2.07. The standard InChI is InChI=1S/C12H15F2N/c1-7(15)10-6-11(10)8-2-4-9(5-3-8)12(13)14/h2-5,7,10-12H,6,15H2,1H3. The highest BCUT2D eigenvalue weighted by Crippen LogP contribution is 2.48. The van der Waals surface area contributed by atoms with Crippen molar-refractivity contribution in [1.29, 1.82) is 0 Å². The van der Waals surface area contributed by atoms with Gasteiger partial charge in [0, 0.05) is 11.6 Å². The van der Waals surface area contributed by atoms with E-state index in [1.54, 1.807) is 12.1 Å². The summed E-state index contributed by atoms with van der Waals surface area (Å²) in [5, 5.41) is 0. The van der Waals surface area contributed by atoms with Gasteiger partial charge in [-0.25, -0.2) is 8.78 Å². The highest BCUT2D eigenvalue weighted by Gasteiger charge is 2.40. The fraction of sp³-hybridized carbons (Fsp3) is 0.500. The van der Waals surface area contributed by atoms with Crippen LogP contribution in [0.3, 0.4) is 0 Å². The summed E-state index contributed by atoms with van der Waals surface area (Å²) in [6.07, 6.45) is -1.28. The van der Waals surface area contributed by atoms with E-state index >= 15 is 0 Å². The van der Waals surface area contributed by atoms with Gasteiger partial charge in [0.25, 0.3) is 6.43 Å². The van der Waals surface area contributed by atoms with Crippen LogP contribution in [0.4, 0.5) is 8.78 Å². The summed E-state index contributed by atoms with van der Waals surface area (Å²) in [5.74, 6) is 1.01. The predicted octanol–water partition coefficient (Wildman–Crippen LogP) is 3.07.